The highest BCUT2D eigenvalue weighted by molar-refractivity contribution is 5.86. The van der Waals surface area contributed by atoms with Gasteiger partial charge in [0.15, 0.2) is 0 Å². The van der Waals surface area contributed by atoms with Crippen LogP contribution in [0.3, 0.4) is 0 Å². The minimum atomic E-state index is -0.318. The smallest absolute Gasteiger partial charge is 0.310 e. The van der Waals surface area contributed by atoms with Gasteiger partial charge in [-0.2, -0.15) is 0 Å². The second-order valence-electron chi connectivity index (χ2n) is 3.77. The van der Waals surface area contributed by atoms with E-state index in [4.69, 9.17) is 4.74 Å². The lowest BCUT2D eigenvalue weighted by Gasteiger charge is -2.23. The van der Waals surface area contributed by atoms with E-state index in [2.05, 4.69) is 4.74 Å². The van der Waals surface area contributed by atoms with E-state index >= 15 is 0 Å². The van der Waals surface area contributed by atoms with Gasteiger partial charge in [-0.15, -0.1) is 0 Å². The Hall–Kier alpha value is -1.10. The molecule has 1 heterocycles. The third kappa shape index (κ3) is 2.68. The summed E-state index contributed by atoms with van der Waals surface area (Å²) in [5.74, 6) is -0.632. The van der Waals surface area contributed by atoms with E-state index in [0.717, 1.165) is 0 Å². The number of ether oxygens (including phenoxy) is 2. The molecule has 1 saturated heterocycles. The molecule has 0 aromatic carbocycles. The maximum absolute atomic E-state index is 11.6. The summed E-state index contributed by atoms with van der Waals surface area (Å²) in [6.45, 7) is 2.83. The van der Waals surface area contributed by atoms with Crippen LogP contribution in [0.2, 0.25) is 0 Å². The van der Waals surface area contributed by atoms with Gasteiger partial charge in [0.2, 0.25) is 5.91 Å². The number of nitrogens with zero attached hydrogens (tertiary/aromatic N) is 1. The molecular weight excluding hydrogens is 198 g/mol. The Morgan fingerprint density at radius 3 is 2.80 bits per heavy atom. The van der Waals surface area contributed by atoms with Crippen molar-refractivity contribution in [3.63, 3.8) is 0 Å². The van der Waals surface area contributed by atoms with Crippen LogP contribution in [-0.4, -0.2) is 50.2 Å². The van der Waals surface area contributed by atoms with Gasteiger partial charge in [-0.1, -0.05) is 0 Å². The number of carbonyl (C=O) groups excluding carboxylic acids is 2. The third-order valence-electron chi connectivity index (χ3n) is 2.63. The molecule has 0 aliphatic carbocycles. The normalized spacial score (nSPS) is 23.0. The Bertz CT molecular complexity index is 254. The van der Waals surface area contributed by atoms with E-state index in [1.807, 2.05) is 6.92 Å². The van der Waals surface area contributed by atoms with Crippen LogP contribution >= 0.6 is 0 Å². The van der Waals surface area contributed by atoms with Gasteiger partial charge in [-0.25, -0.2) is 0 Å². The Morgan fingerprint density at radius 2 is 2.27 bits per heavy atom. The van der Waals surface area contributed by atoms with E-state index in [9.17, 15) is 9.59 Å². The van der Waals surface area contributed by atoms with Crippen molar-refractivity contribution in [3.8, 4) is 0 Å². The molecule has 0 aromatic heterocycles. The molecule has 2 atom stereocenters. The number of amides is 1. The zero-order valence-electron chi connectivity index (χ0n) is 9.36. The Labute approximate surface area is 89.3 Å². The van der Waals surface area contributed by atoms with Crippen molar-refractivity contribution >= 4 is 11.9 Å². The molecule has 0 radical (unpaired) electrons. The topological polar surface area (TPSA) is 55.8 Å². The largest absolute Gasteiger partial charge is 0.469 e. The second kappa shape index (κ2) is 5.11. The zero-order chi connectivity index (χ0) is 11.4. The van der Waals surface area contributed by atoms with Gasteiger partial charge >= 0.3 is 5.97 Å². The van der Waals surface area contributed by atoms with E-state index in [0.29, 0.717) is 13.2 Å². The number of carbonyl (C=O) groups is 2. The summed E-state index contributed by atoms with van der Waals surface area (Å²) in [4.78, 5) is 24.5. The van der Waals surface area contributed by atoms with E-state index in [1.165, 1.54) is 7.11 Å². The summed E-state index contributed by atoms with van der Waals surface area (Å²) in [6, 6.07) is 0.0113. The number of hydrogen-bond acceptors (Lipinski definition) is 4. The highest BCUT2D eigenvalue weighted by Crippen LogP contribution is 2.21. The van der Waals surface area contributed by atoms with Gasteiger partial charge < -0.3 is 14.4 Å². The fourth-order valence-corrected chi connectivity index (χ4v) is 1.81. The van der Waals surface area contributed by atoms with E-state index in [1.54, 1.807) is 12.0 Å². The molecule has 0 aromatic rings. The van der Waals surface area contributed by atoms with Crippen LogP contribution in [0.4, 0.5) is 0 Å². The molecule has 5 heteroatoms. The fraction of sp³-hybridized carbons (Fsp3) is 0.800. The van der Waals surface area contributed by atoms with Gasteiger partial charge in [-0.05, 0) is 6.92 Å². The third-order valence-corrected chi connectivity index (χ3v) is 2.63. The number of rotatable bonds is 4. The van der Waals surface area contributed by atoms with Crippen molar-refractivity contribution < 1.29 is 19.1 Å². The van der Waals surface area contributed by atoms with Crippen LogP contribution < -0.4 is 0 Å². The average molecular weight is 215 g/mol. The van der Waals surface area contributed by atoms with Crippen molar-refractivity contribution in [1.29, 1.82) is 0 Å². The maximum Gasteiger partial charge on any atom is 0.310 e. The first-order valence-electron chi connectivity index (χ1n) is 4.96. The number of methoxy groups -OCH3 is 2. The highest BCUT2D eigenvalue weighted by atomic mass is 16.5. The second-order valence-corrected chi connectivity index (χ2v) is 3.77. The van der Waals surface area contributed by atoms with Crippen molar-refractivity contribution in [1.82, 2.24) is 4.90 Å². The van der Waals surface area contributed by atoms with Crippen molar-refractivity contribution in [2.75, 3.05) is 27.4 Å². The van der Waals surface area contributed by atoms with Gasteiger partial charge in [0.1, 0.15) is 0 Å². The van der Waals surface area contributed by atoms with Gasteiger partial charge in [0, 0.05) is 20.1 Å². The van der Waals surface area contributed by atoms with Gasteiger partial charge in [-0.3, -0.25) is 9.59 Å². The molecular formula is C10H17NO4. The highest BCUT2D eigenvalue weighted by Gasteiger charge is 2.37. The van der Waals surface area contributed by atoms with Crippen molar-refractivity contribution in [2.24, 2.45) is 5.92 Å². The Balaban J connectivity index is 2.56. The van der Waals surface area contributed by atoms with Crippen LogP contribution in [-0.2, 0) is 19.1 Å². The van der Waals surface area contributed by atoms with Crippen LogP contribution in [0.1, 0.15) is 13.3 Å². The first-order valence-corrected chi connectivity index (χ1v) is 4.96. The fourth-order valence-electron chi connectivity index (χ4n) is 1.81. The molecule has 15 heavy (non-hydrogen) atoms. The first-order chi connectivity index (χ1) is 7.10. The SMILES string of the molecule is COC[C@@H](C)N1C[C@@H](C(=O)OC)CC1=O. The van der Waals surface area contributed by atoms with Crippen LogP contribution in [0.15, 0.2) is 0 Å². The lowest BCUT2D eigenvalue weighted by Crippen LogP contribution is -2.37. The average Bonchev–Trinajstić information content (AvgIpc) is 2.59. The zero-order valence-corrected chi connectivity index (χ0v) is 9.36. The Kier molecular flexibility index (Phi) is 4.08. The number of likely N-dealkylation sites (tertiary alicyclic amines) is 1. The summed E-state index contributed by atoms with van der Waals surface area (Å²) < 4.78 is 9.60. The molecule has 86 valence electrons. The maximum atomic E-state index is 11.6. The summed E-state index contributed by atoms with van der Waals surface area (Å²) >= 11 is 0. The molecule has 0 N–H and O–H groups in total. The quantitative estimate of drug-likeness (QED) is 0.621. The Morgan fingerprint density at radius 1 is 1.60 bits per heavy atom. The van der Waals surface area contributed by atoms with E-state index in [-0.39, 0.29) is 30.3 Å². The van der Waals surface area contributed by atoms with Crippen molar-refractivity contribution in [2.45, 2.75) is 19.4 Å². The van der Waals surface area contributed by atoms with Crippen LogP contribution in [0, 0.1) is 5.92 Å². The molecule has 1 fully saturated rings. The van der Waals surface area contributed by atoms with Gasteiger partial charge in [0.05, 0.1) is 25.7 Å². The minimum absolute atomic E-state index is 0.00468. The van der Waals surface area contributed by atoms with Gasteiger partial charge in [0.25, 0.3) is 0 Å². The van der Waals surface area contributed by atoms with Crippen LogP contribution in [0.5, 0.6) is 0 Å². The summed E-state index contributed by atoms with van der Waals surface area (Å²) in [5, 5.41) is 0. The lowest BCUT2D eigenvalue weighted by molar-refractivity contribution is -0.145. The van der Waals surface area contributed by atoms with Crippen molar-refractivity contribution in [3.05, 3.63) is 0 Å². The predicted molar refractivity (Wildman–Crippen MR) is 53.2 cm³/mol. The summed E-state index contributed by atoms with van der Waals surface area (Å²) in [6.07, 6.45) is 0.251. The first kappa shape index (κ1) is 12.0. The molecule has 1 aliphatic rings. The monoisotopic (exact) mass is 215 g/mol. The number of hydrogen-bond donors (Lipinski definition) is 0. The standard InChI is InChI=1S/C10H17NO4/c1-7(6-14-2)11-5-8(4-9(11)12)10(13)15-3/h7-8H,4-6H2,1-3H3/t7-,8+/m1/s1. The molecule has 1 rings (SSSR count). The predicted octanol–water partition coefficient (Wildman–Crippen LogP) is 0.0428. The molecule has 0 bridgehead atoms. The lowest BCUT2D eigenvalue weighted by atomic mass is 10.1. The molecule has 0 saturated carbocycles. The number of esters is 1. The minimum Gasteiger partial charge on any atom is -0.469 e. The van der Waals surface area contributed by atoms with E-state index < -0.39 is 0 Å². The molecule has 0 spiro atoms. The molecule has 1 aliphatic heterocycles. The molecule has 5 nitrogen and oxygen atoms in total. The molecule has 0 unspecified atom stereocenters. The summed E-state index contributed by atoms with van der Waals surface area (Å²) in [5.41, 5.74) is 0. The van der Waals surface area contributed by atoms with Crippen LogP contribution in [0.25, 0.3) is 0 Å². The summed E-state index contributed by atoms with van der Waals surface area (Å²) in [7, 11) is 2.93. The molecule has 1 amide bonds.